The second-order valence-electron chi connectivity index (χ2n) is 7.23. The second kappa shape index (κ2) is 6.46. The number of carbonyl (C=O) groups excluding carboxylic acids is 2. The number of carbonyl (C=O) groups is 2. The third kappa shape index (κ3) is 2.87. The molecule has 1 saturated heterocycles. The highest BCUT2D eigenvalue weighted by Gasteiger charge is 2.34. The number of hydrogen-bond donors (Lipinski definition) is 2. The Morgan fingerprint density at radius 2 is 1.88 bits per heavy atom. The lowest BCUT2D eigenvalue weighted by Gasteiger charge is -2.41. The maximum atomic E-state index is 12.5. The molecule has 5 nitrogen and oxygen atoms in total. The van der Waals surface area contributed by atoms with E-state index in [-0.39, 0.29) is 17.9 Å². The molecule has 128 valence electrons. The molecular weight excluding hydrogens is 302 g/mol. The first-order valence-electron chi connectivity index (χ1n) is 9.25. The number of amides is 2. The molecule has 0 aromatic heterocycles. The lowest BCUT2D eigenvalue weighted by molar-refractivity contribution is -0.118. The number of nitrogens with zero attached hydrogens (tertiary/aromatic N) is 1. The predicted octanol–water partition coefficient (Wildman–Crippen LogP) is 3.06. The Bertz CT molecular complexity index is 652. The molecule has 2 heterocycles. The Kier molecular flexibility index (Phi) is 4.17. The fourth-order valence-corrected chi connectivity index (χ4v) is 4.25. The molecule has 2 amide bonds. The van der Waals surface area contributed by atoms with Crippen molar-refractivity contribution in [3.63, 3.8) is 0 Å². The molecular formula is C19H25N3O2. The van der Waals surface area contributed by atoms with E-state index in [0.717, 1.165) is 50.0 Å². The molecule has 1 aromatic rings. The van der Waals surface area contributed by atoms with Crippen LogP contribution in [0.15, 0.2) is 18.2 Å². The molecule has 1 saturated carbocycles. The van der Waals surface area contributed by atoms with Gasteiger partial charge >= 0.3 is 0 Å². The summed E-state index contributed by atoms with van der Waals surface area (Å²) in [7, 11) is 0. The van der Waals surface area contributed by atoms with Crippen LogP contribution in [0.25, 0.3) is 0 Å². The minimum atomic E-state index is -0.0480. The van der Waals surface area contributed by atoms with Crippen molar-refractivity contribution in [3.8, 4) is 0 Å². The van der Waals surface area contributed by atoms with E-state index in [4.69, 9.17) is 0 Å². The molecule has 24 heavy (non-hydrogen) atoms. The van der Waals surface area contributed by atoms with Crippen LogP contribution in [0, 0.1) is 0 Å². The Hall–Kier alpha value is -2.04. The van der Waals surface area contributed by atoms with Gasteiger partial charge in [-0.2, -0.15) is 0 Å². The van der Waals surface area contributed by atoms with Crippen molar-refractivity contribution < 1.29 is 9.59 Å². The van der Waals surface area contributed by atoms with E-state index in [0.29, 0.717) is 11.6 Å². The molecule has 2 fully saturated rings. The average Bonchev–Trinajstić information content (AvgIpc) is 2.62. The Morgan fingerprint density at radius 3 is 2.71 bits per heavy atom. The van der Waals surface area contributed by atoms with E-state index < -0.39 is 0 Å². The Labute approximate surface area is 142 Å². The minimum absolute atomic E-state index is 0.0280. The summed E-state index contributed by atoms with van der Waals surface area (Å²) in [5, 5.41) is 6.14. The van der Waals surface area contributed by atoms with Gasteiger partial charge in [0.2, 0.25) is 5.91 Å². The van der Waals surface area contributed by atoms with Crippen molar-refractivity contribution in [2.45, 2.75) is 63.5 Å². The van der Waals surface area contributed by atoms with Crippen LogP contribution in [0.2, 0.25) is 0 Å². The Morgan fingerprint density at radius 1 is 1.08 bits per heavy atom. The minimum Gasteiger partial charge on any atom is -0.358 e. The fourth-order valence-electron chi connectivity index (χ4n) is 4.25. The summed E-state index contributed by atoms with van der Waals surface area (Å²) >= 11 is 0. The monoisotopic (exact) mass is 327 g/mol. The van der Waals surface area contributed by atoms with Gasteiger partial charge in [0.05, 0.1) is 11.4 Å². The quantitative estimate of drug-likeness (QED) is 0.877. The maximum Gasteiger partial charge on any atom is 0.251 e. The van der Waals surface area contributed by atoms with Gasteiger partial charge in [0.25, 0.3) is 5.91 Å². The zero-order valence-electron chi connectivity index (χ0n) is 14.0. The number of hydrogen-bond acceptors (Lipinski definition) is 3. The molecule has 1 unspecified atom stereocenters. The number of nitrogens with one attached hydrogen (secondary N) is 2. The number of fused-ring (bicyclic) bond motifs is 3. The van der Waals surface area contributed by atoms with Gasteiger partial charge in [-0.1, -0.05) is 19.3 Å². The van der Waals surface area contributed by atoms with Crippen LogP contribution in [0.3, 0.4) is 0 Å². The second-order valence-corrected chi connectivity index (χ2v) is 7.23. The predicted molar refractivity (Wildman–Crippen MR) is 94.4 cm³/mol. The number of anilines is 2. The molecule has 4 rings (SSSR count). The van der Waals surface area contributed by atoms with Gasteiger partial charge in [0, 0.05) is 18.2 Å². The molecule has 1 aromatic carbocycles. The highest BCUT2D eigenvalue weighted by atomic mass is 16.2. The van der Waals surface area contributed by atoms with Crippen molar-refractivity contribution in [2.75, 3.05) is 16.8 Å². The summed E-state index contributed by atoms with van der Waals surface area (Å²) in [5.74, 6) is 0.0340. The van der Waals surface area contributed by atoms with Crippen LogP contribution in [0.1, 0.15) is 61.7 Å². The molecule has 0 bridgehead atoms. The van der Waals surface area contributed by atoms with Crippen LogP contribution in [0.5, 0.6) is 0 Å². The van der Waals surface area contributed by atoms with E-state index in [2.05, 4.69) is 15.5 Å². The molecule has 0 radical (unpaired) electrons. The summed E-state index contributed by atoms with van der Waals surface area (Å²) in [6, 6.07) is 5.95. The molecule has 2 N–H and O–H groups in total. The first kappa shape index (κ1) is 15.5. The van der Waals surface area contributed by atoms with Crippen molar-refractivity contribution >= 4 is 23.2 Å². The third-order valence-electron chi connectivity index (χ3n) is 5.57. The van der Waals surface area contributed by atoms with Crippen LogP contribution in [0.4, 0.5) is 11.4 Å². The number of rotatable bonds is 2. The van der Waals surface area contributed by atoms with Gasteiger partial charge in [-0.15, -0.1) is 0 Å². The average molecular weight is 327 g/mol. The van der Waals surface area contributed by atoms with E-state index in [1.54, 1.807) is 0 Å². The van der Waals surface area contributed by atoms with E-state index >= 15 is 0 Å². The molecule has 3 aliphatic rings. The van der Waals surface area contributed by atoms with E-state index in [1.165, 1.54) is 19.3 Å². The standard InChI is InChI=1S/C19H25N3O2/c23-18(20-14-6-2-1-3-7-14)13-9-10-16-15(12-13)21-19(24)17-8-4-5-11-22(16)17/h9-10,12,14,17H,1-8,11H2,(H,20,23)(H,21,24). The van der Waals surface area contributed by atoms with Crippen molar-refractivity contribution in [1.82, 2.24) is 5.32 Å². The summed E-state index contributed by atoms with van der Waals surface area (Å²) in [4.78, 5) is 27.1. The first-order chi connectivity index (χ1) is 11.7. The zero-order chi connectivity index (χ0) is 16.5. The largest absolute Gasteiger partial charge is 0.358 e. The van der Waals surface area contributed by atoms with Gasteiger partial charge in [-0.05, 0) is 50.3 Å². The number of piperidine rings is 1. The lowest BCUT2D eigenvalue weighted by atomic mass is 9.95. The maximum absolute atomic E-state index is 12.5. The van der Waals surface area contributed by atoms with Crippen molar-refractivity contribution in [1.29, 1.82) is 0 Å². The van der Waals surface area contributed by atoms with Crippen LogP contribution < -0.4 is 15.5 Å². The fraction of sp³-hybridized carbons (Fsp3) is 0.579. The summed E-state index contributed by atoms with van der Waals surface area (Å²) in [6.45, 7) is 0.915. The van der Waals surface area contributed by atoms with Crippen LogP contribution in [-0.2, 0) is 4.79 Å². The van der Waals surface area contributed by atoms with Crippen LogP contribution in [-0.4, -0.2) is 30.4 Å². The lowest BCUT2D eigenvalue weighted by Crippen LogP contribution is -2.50. The number of benzene rings is 1. The van der Waals surface area contributed by atoms with Gasteiger partial charge in [0.15, 0.2) is 0 Å². The molecule has 5 heteroatoms. The molecule has 2 aliphatic heterocycles. The van der Waals surface area contributed by atoms with Gasteiger partial charge in [-0.25, -0.2) is 0 Å². The highest BCUT2D eigenvalue weighted by molar-refractivity contribution is 6.05. The summed E-state index contributed by atoms with van der Waals surface area (Å²) in [6.07, 6.45) is 8.94. The van der Waals surface area contributed by atoms with E-state index in [1.807, 2.05) is 18.2 Å². The molecule has 1 atom stereocenters. The smallest absolute Gasteiger partial charge is 0.251 e. The highest BCUT2D eigenvalue weighted by Crippen LogP contribution is 2.36. The normalized spacial score (nSPS) is 23.9. The van der Waals surface area contributed by atoms with Crippen molar-refractivity contribution in [3.05, 3.63) is 23.8 Å². The van der Waals surface area contributed by atoms with Gasteiger partial charge in [-0.3, -0.25) is 9.59 Å². The summed E-state index contributed by atoms with van der Waals surface area (Å²) < 4.78 is 0. The summed E-state index contributed by atoms with van der Waals surface area (Å²) in [5.41, 5.74) is 2.46. The SMILES string of the molecule is O=C(NC1CCCCC1)c1ccc2c(c1)NC(=O)C1CCCCN21. The molecule has 0 spiro atoms. The first-order valence-corrected chi connectivity index (χ1v) is 9.25. The zero-order valence-corrected chi connectivity index (χ0v) is 14.0. The Balaban J connectivity index is 1.53. The molecule has 1 aliphatic carbocycles. The van der Waals surface area contributed by atoms with Crippen LogP contribution >= 0.6 is 0 Å². The van der Waals surface area contributed by atoms with Gasteiger partial charge in [0.1, 0.15) is 6.04 Å². The van der Waals surface area contributed by atoms with Gasteiger partial charge < -0.3 is 15.5 Å². The third-order valence-corrected chi connectivity index (χ3v) is 5.57. The topological polar surface area (TPSA) is 61.4 Å². The van der Waals surface area contributed by atoms with E-state index in [9.17, 15) is 9.59 Å². The van der Waals surface area contributed by atoms with Crippen molar-refractivity contribution in [2.24, 2.45) is 0 Å².